The van der Waals surface area contributed by atoms with Gasteiger partial charge in [-0.2, -0.15) is 0 Å². The molecule has 0 spiro atoms. The number of hydrogen-bond acceptors (Lipinski definition) is 5. The molecule has 0 aliphatic rings. The summed E-state index contributed by atoms with van der Waals surface area (Å²) < 4.78 is 5.56. The normalized spacial score (nSPS) is 12.9. The van der Waals surface area contributed by atoms with Crippen molar-refractivity contribution in [1.82, 2.24) is 4.90 Å². The summed E-state index contributed by atoms with van der Waals surface area (Å²) in [6, 6.07) is 7.86. The van der Waals surface area contributed by atoms with Gasteiger partial charge >= 0.3 is 0 Å². The van der Waals surface area contributed by atoms with Gasteiger partial charge < -0.3 is 20.1 Å². The van der Waals surface area contributed by atoms with Crippen LogP contribution in [0.4, 0.5) is 0 Å². The molecule has 5 heteroatoms. The minimum atomic E-state index is -0.659. The van der Waals surface area contributed by atoms with E-state index in [1.165, 1.54) is 5.56 Å². The fourth-order valence-electron chi connectivity index (χ4n) is 2.07. The summed E-state index contributed by atoms with van der Waals surface area (Å²) in [5.74, 6) is 1.21. The zero-order valence-electron chi connectivity index (χ0n) is 12.9. The standard InChI is InChI=1S/C16H27NO4/c1-13(2)14-3-5-16(6-4-14)21-12-15(20)11-17(7-9-18)8-10-19/h3-6,13,15,18-20H,7-12H2,1-2H3. The molecule has 5 nitrogen and oxygen atoms in total. The quantitative estimate of drug-likeness (QED) is 0.597. The second-order valence-electron chi connectivity index (χ2n) is 5.44. The lowest BCUT2D eigenvalue weighted by atomic mass is 10.0. The van der Waals surface area contributed by atoms with Crippen molar-refractivity contribution in [1.29, 1.82) is 0 Å². The van der Waals surface area contributed by atoms with Gasteiger partial charge in [0.1, 0.15) is 18.5 Å². The number of hydrogen-bond donors (Lipinski definition) is 3. The third-order valence-corrected chi connectivity index (χ3v) is 3.29. The van der Waals surface area contributed by atoms with Crippen LogP contribution in [0, 0.1) is 0 Å². The van der Waals surface area contributed by atoms with Crippen LogP contribution in [0.5, 0.6) is 5.75 Å². The molecule has 1 aromatic rings. The lowest BCUT2D eigenvalue weighted by Gasteiger charge is -2.23. The average molecular weight is 297 g/mol. The van der Waals surface area contributed by atoms with E-state index in [9.17, 15) is 5.11 Å². The van der Waals surface area contributed by atoms with Gasteiger partial charge in [0.2, 0.25) is 0 Å². The fourth-order valence-corrected chi connectivity index (χ4v) is 2.07. The van der Waals surface area contributed by atoms with Crippen LogP contribution in [0.3, 0.4) is 0 Å². The van der Waals surface area contributed by atoms with Crippen LogP contribution in [-0.4, -0.2) is 65.8 Å². The molecule has 0 fully saturated rings. The first-order valence-corrected chi connectivity index (χ1v) is 7.41. The van der Waals surface area contributed by atoms with E-state index >= 15 is 0 Å². The summed E-state index contributed by atoms with van der Waals surface area (Å²) in [5.41, 5.74) is 1.25. The van der Waals surface area contributed by atoms with Crippen molar-refractivity contribution in [2.24, 2.45) is 0 Å². The summed E-state index contributed by atoms with van der Waals surface area (Å²) >= 11 is 0. The maximum Gasteiger partial charge on any atom is 0.119 e. The van der Waals surface area contributed by atoms with Gasteiger partial charge in [-0.05, 0) is 23.6 Å². The molecule has 0 saturated heterocycles. The molecule has 120 valence electrons. The Kier molecular flexibility index (Phi) is 8.30. The maximum atomic E-state index is 9.95. The molecule has 0 amide bonds. The van der Waals surface area contributed by atoms with E-state index in [4.69, 9.17) is 14.9 Å². The Hall–Kier alpha value is -1.14. The molecule has 0 saturated carbocycles. The largest absolute Gasteiger partial charge is 0.491 e. The summed E-state index contributed by atoms with van der Waals surface area (Å²) in [4.78, 5) is 1.80. The van der Waals surface area contributed by atoms with Crippen LogP contribution >= 0.6 is 0 Å². The number of benzene rings is 1. The monoisotopic (exact) mass is 297 g/mol. The lowest BCUT2D eigenvalue weighted by molar-refractivity contribution is 0.0552. The highest BCUT2D eigenvalue weighted by Crippen LogP contribution is 2.18. The van der Waals surface area contributed by atoms with Crippen molar-refractivity contribution >= 4 is 0 Å². The SMILES string of the molecule is CC(C)c1ccc(OCC(O)CN(CCO)CCO)cc1. The Morgan fingerprint density at radius 1 is 1.05 bits per heavy atom. The van der Waals surface area contributed by atoms with Crippen LogP contribution in [0.1, 0.15) is 25.3 Å². The van der Waals surface area contributed by atoms with E-state index in [2.05, 4.69) is 13.8 Å². The molecule has 0 bridgehead atoms. The number of aliphatic hydroxyl groups is 3. The van der Waals surface area contributed by atoms with Crippen molar-refractivity contribution in [3.8, 4) is 5.75 Å². The third kappa shape index (κ3) is 6.91. The average Bonchev–Trinajstić information content (AvgIpc) is 2.46. The van der Waals surface area contributed by atoms with Crippen LogP contribution in [0.15, 0.2) is 24.3 Å². The second-order valence-corrected chi connectivity index (χ2v) is 5.44. The molecular weight excluding hydrogens is 270 g/mol. The molecule has 0 radical (unpaired) electrons. The highest BCUT2D eigenvalue weighted by molar-refractivity contribution is 5.28. The molecular formula is C16H27NO4. The Labute approximate surface area is 126 Å². The lowest BCUT2D eigenvalue weighted by Crippen LogP contribution is -2.38. The Morgan fingerprint density at radius 3 is 2.10 bits per heavy atom. The molecule has 21 heavy (non-hydrogen) atoms. The topological polar surface area (TPSA) is 73.2 Å². The highest BCUT2D eigenvalue weighted by atomic mass is 16.5. The number of aliphatic hydroxyl groups excluding tert-OH is 3. The van der Waals surface area contributed by atoms with Crippen molar-refractivity contribution in [2.45, 2.75) is 25.9 Å². The molecule has 1 unspecified atom stereocenters. The number of nitrogens with zero attached hydrogens (tertiary/aromatic N) is 1. The van der Waals surface area contributed by atoms with Gasteiger partial charge in [-0.3, -0.25) is 4.90 Å². The summed E-state index contributed by atoms with van der Waals surface area (Å²) in [7, 11) is 0. The van der Waals surface area contributed by atoms with E-state index < -0.39 is 6.10 Å². The van der Waals surface area contributed by atoms with Gasteiger partial charge in [0, 0.05) is 19.6 Å². The molecule has 3 N–H and O–H groups in total. The highest BCUT2D eigenvalue weighted by Gasteiger charge is 2.12. The van der Waals surface area contributed by atoms with Gasteiger partial charge in [-0.15, -0.1) is 0 Å². The van der Waals surface area contributed by atoms with E-state index in [1.807, 2.05) is 24.3 Å². The second kappa shape index (κ2) is 9.73. The van der Waals surface area contributed by atoms with E-state index in [0.29, 0.717) is 25.6 Å². The zero-order valence-corrected chi connectivity index (χ0v) is 12.9. The third-order valence-electron chi connectivity index (χ3n) is 3.29. The minimum Gasteiger partial charge on any atom is -0.491 e. The molecule has 0 heterocycles. The predicted octanol–water partition coefficient (Wildman–Crippen LogP) is 0.836. The van der Waals surface area contributed by atoms with E-state index in [1.54, 1.807) is 4.90 Å². The number of rotatable bonds is 10. The van der Waals surface area contributed by atoms with Crippen LogP contribution in [0.25, 0.3) is 0 Å². The van der Waals surface area contributed by atoms with Crippen molar-refractivity contribution < 1.29 is 20.1 Å². The summed E-state index contributed by atoms with van der Waals surface area (Å²) in [6.45, 7) is 5.70. The first-order chi connectivity index (χ1) is 10.1. The summed E-state index contributed by atoms with van der Waals surface area (Å²) in [6.07, 6.45) is -0.659. The van der Waals surface area contributed by atoms with Crippen LogP contribution in [-0.2, 0) is 0 Å². The van der Waals surface area contributed by atoms with Gasteiger partial charge in [0.25, 0.3) is 0 Å². The zero-order chi connectivity index (χ0) is 15.7. The van der Waals surface area contributed by atoms with Gasteiger partial charge in [0.15, 0.2) is 0 Å². The molecule has 1 atom stereocenters. The van der Waals surface area contributed by atoms with Gasteiger partial charge in [0.05, 0.1) is 13.2 Å². The van der Waals surface area contributed by atoms with Gasteiger partial charge in [-0.25, -0.2) is 0 Å². The van der Waals surface area contributed by atoms with Gasteiger partial charge in [-0.1, -0.05) is 26.0 Å². The van der Waals surface area contributed by atoms with Crippen LogP contribution in [0.2, 0.25) is 0 Å². The molecule has 0 aromatic heterocycles. The van der Waals surface area contributed by atoms with Crippen molar-refractivity contribution in [2.75, 3.05) is 39.5 Å². The molecule has 1 aromatic carbocycles. The van der Waals surface area contributed by atoms with Crippen molar-refractivity contribution in [3.05, 3.63) is 29.8 Å². The molecule has 0 aliphatic heterocycles. The molecule has 1 rings (SSSR count). The minimum absolute atomic E-state index is 0.00421. The Balaban J connectivity index is 2.39. The maximum absolute atomic E-state index is 9.95. The molecule has 0 aliphatic carbocycles. The Morgan fingerprint density at radius 2 is 1.62 bits per heavy atom. The van der Waals surface area contributed by atoms with E-state index in [-0.39, 0.29) is 19.8 Å². The van der Waals surface area contributed by atoms with Crippen molar-refractivity contribution in [3.63, 3.8) is 0 Å². The first kappa shape index (κ1) is 17.9. The van der Waals surface area contributed by atoms with Crippen LogP contribution < -0.4 is 4.74 Å². The fraction of sp³-hybridized carbons (Fsp3) is 0.625. The first-order valence-electron chi connectivity index (χ1n) is 7.41. The Bertz CT molecular complexity index is 374. The predicted molar refractivity (Wildman–Crippen MR) is 82.6 cm³/mol. The smallest absolute Gasteiger partial charge is 0.119 e. The summed E-state index contributed by atoms with van der Waals surface area (Å²) in [5, 5.41) is 27.8. The number of ether oxygens (including phenoxy) is 1. The van der Waals surface area contributed by atoms with E-state index in [0.717, 1.165) is 5.75 Å².